The van der Waals surface area contributed by atoms with E-state index < -0.39 is 0 Å². The zero-order valence-electron chi connectivity index (χ0n) is 6.98. The van der Waals surface area contributed by atoms with Gasteiger partial charge in [-0.25, -0.2) is 0 Å². The molecule has 62 valence electrons. The Morgan fingerprint density at radius 2 is 2.00 bits per heavy atom. The SMILES string of the molecule is CSc1ccc2nn(C)nc2c1. The summed E-state index contributed by atoms with van der Waals surface area (Å²) in [5.74, 6) is 0. The van der Waals surface area contributed by atoms with Crippen LogP contribution in [0.4, 0.5) is 0 Å². The smallest absolute Gasteiger partial charge is 0.114 e. The number of fused-ring (bicyclic) bond motifs is 1. The van der Waals surface area contributed by atoms with E-state index in [0.717, 1.165) is 11.0 Å². The third-order valence-corrected chi connectivity index (χ3v) is 2.41. The van der Waals surface area contributed by atoms with Crippen LogP contribution in [0, 0.1) is 0 Å². The molecule has 0 radical (unpaired) electrons. The van der Waals surface area contributed by atoms with E-state index in [9.17, 15) is 0 Å². The van der Waals surface area contributed by atoms with Gasteiger partial charge in [-0.05, 0) is 24.5 Å². The maximum atomic E-state index is 4.21. The lowest BCUT2D eigenvalue weighted by Crippen LogP contribution is -1.90. The predicted octanol–water partition coefficient (Wildman–Crippen LogP) is 1.69. The molecule has 0 fully saturated rings. The molecule has 4 heteroatoms. The molecule has 0 aliphatic heterocycles. The number of aryl methyl sites for hydroxylation is 1. The first-order chi connectivity index (χ1) is 5.79. The van der Waals surface area contributed by atoms with Crippen molar-refractivity contribution in [3.63, 3.8) is 0 Å². The van der Waals surface area contributed by atoms with Crippen molar-refractivity contribution in [2.45, 2.75) is 4.90 Å². The first kappa shape index (κ1) is 7.61. The molecule has 2 aromatic rings. The summed E-state index contributed by atoms with van der Waals surface area (Å²) in [6.45, 7) is 0. The highest BCUT2D eigenvalue weighted by molar-refractivity contribution is 7.98. The lowest BCUT2D eigenvalue weighted by atomic mass is 10.3. The van der Waals surface area contributed by atoms with Crippen molar-refractivity contribution in [1.29, 1.82) is 0 Å². The zero-order chi connectivity index (χ0) is 8.55. The van der Waals surface area contributed by atoms with Crippen LogP contribution in [-0.2, 0) is 7.05 Å². The minimum atomic E-state index is 0.954. The standard InChI is InChI=1S/C8H9N3S/c1-11-9-7-4-3-6(12-2)5-8(7)10-11/h3-5H,1-2H3. The van der Waals surface area contributed by atoms with Gasteiger partial charge in [-0.3, -0.25) is 0 Å². The Hall–Kier alpha value is -1.03. The van der Waals surface area contributed by atoms with Crippen LogP contribution >= 0.6 is 11.8 Å². The van der Waals surface area contributed by atoms with E-state index in [1.165, 1.54) is 4.90 Å². The van der Waals surface area contributed by atoms with Gasteiger partial charge >= 0.3 is 0 Å². The lowest BCUT2D eigenvalue weighted by molar-refractivity contribution is 0.665. The molecule has 0 bridgehead atoms. The van der Waals surface area contributed by atoms with Crippen molar-refractivity contribution in [3.05, 3.63) is 18.2 Å². The monoisotopic (exact) mass is 179 g/mol. The minimum Gasteiger partial charge on any atom is -0.187 e. The number of hydrogen-bond donors (Lipinski definition) is 0. The fourth-order valence-corrected chi connectivity index (χ4v) is 1.56. The van der Waals surface area contributed by atoms with E-state index in [1.807, 2.05) is 19.2 Å². The van der Waals surface area contributed by atoms with Gasteiger partial charge < -0.3 is 0 Å². The highest BCUT2D eigenvalue weighted by Crippen LogP contribution is 2.18. The van der Waals surface area contributed by atoms with Crippen LogP contribution in [0.25, 0.3) is 11.0 Å². The van der Waals surface area contributed by atoms with E-state index in [-0.39, 0.29) is 0 Å². The average molecular weight is 179 g/mol. The maximum absolute atomic E-state index is 4.21. The first-order valence-corrected chi connectivity index (χ1v) is 4.87. The van der Waals surface area contributed by atoms with Crippen LogP contribution in [0.15, 0.2) is 23.1 Å². The number of thioether (sulfide) groups is 1. The fraction of sp³-hybridized carbons (Fsp3) is 0.250. The second kappa shape index (κ2) is 2.79. The largest absolute Gasteiger partial charge is 0.187 e. The molecule has 0 aliphatic rings. The van der Waals surface area contributed by atoms with E-state index in [0.29, 0.717) is 0 Å². The summed E-state index contributed by atoms with van der Waals surface area (Å²) in [5, 5.41) is 8.40. The van der Waals surface area contributed by atoms with Gasteiger partial charge in [0, 0.05) is 11.9 Å². The second-order valence-electron chi connectivity index (χ2n) is 2.54. The van der Waals surface area contributed by atoms with Crippen molar-refractivity contribution < 1.29 is 0 Å². The summed E-state index contributed by atoms with van der Waals surface area (Å²) in [6.07, 6.45) is 2.05. The van der Waals surface area contributed by atoms with Gasteiger partial charge in [0.05, 0.1) is 0 Å². The van der Waals surface area contributed by atoms with Crippen molar-refractivity contribution in [2.24, 2.45) is 7.05 Å². The molecule has 0 N–H and O–H groups in total. The van der Waals surface area contributed by atoms with Crippen molar-refractivity contribution >= 4 is 22.8 Å². The number of benzene rings is 1. The van der Waals surface area contributed by atoms with Crippen LogP contribution in [0.1, 0.15) is 0 Å². The Bertz CT molecular complexity index is 408. The molecule has 1 aromatic heterocycles. The molecule has 0 atom stereocenters. The summed E-state index contributed by atoms with van der Waals surface area (Å²) in [6, 6.07) is 6.10. The molecule has 0 saturated carbocycles. The highest BCUT2D eigenvalue weighted by Gasteiger charge is 1.99. The summed E-state index contributed by atoms with van der Waals surface area (Å²) in [7, 11) is 1.83. The molecular formula is C8H9N3S. The lowest BCUT2D eigenvalue weighted by Gasteiger charge is -1.91. The molecule has 0 saturated heterocycles. The normalized spacial score (nSPS) is 10.8. The van der Waals surface area contributed by atoms with E-state index in [2.05, 4.69) is 22.5 Å². The minimum absolute atomic E-state index is 0.954. The topological polar surface area (TPSA) is 30.7 Å². The van der Waals surface area contributed by atoms with Gasteiger partial charge in [0.2, 0.25) is 0 Å². The number of aromatic nitrogens is 3. The molecule has 0 unspecified atom stereocenters. The quantitative estimate of drug-likeness (QED) is 0.624. The number of nitrogens with zero attached hydrogens (tertiary/aromatic N) is 3. The van der Waals surface area contributed by atoms with Crippen LogP contribution in [0.3, 0.4) is 0 Å². The van der Waals surface area contributed by atoms with Gasteiger partial charge in [-0.15, -0.1) is 11.8 Å². The molecule has 2 rings (SSSR count). The van der Waals surface area contributed by atoms with Crippen molar-refractivity contribution in [1.82, 2.24) is 15.0 Å². The summed E-state index contributed by atoms with van der Waals surface area (Å²) in [4.78, 5) is 2.82. The van der Waals surface area contributed by atoms with Crippen LogP contribution < -0.4 is 0 Å². The molecule has 1 heterocycles. The van der Waals surface area contributed by atoms with Gasteiger partial charge in [0.15, 0.2) is 0 Å². The highest BCUT2D eigenvalue weighted by atomic mass is 32.2. The number of hydrogen-bond acceptors (Lipinski definition) is 3. The second-order valence-corrected chi connectivity index (χ2v) is 3.42. The van der Waals surface area contributed by atoms with Crippen LogP contribution in [0.2, 0.25) is 0 Å². The molecular weight excluding hydrogens is 170 g/mol. The Balaban J connectivity index is 2.66. The van der Waals surface area contributed by atoms with E-state index in [1.54, 1.807) is 16.6 Å². The predicted molar refractivity (Wildman–Crippen MR) is 50.3 cm³/mol. The third-order valence-electron chi connectivity index (χ3n) is 1.69. The molecule has 0 aliphatic carbocycles. The Morgan fingerprint density at radius 3 is 2.75 bits per heavy atom. The third kappa shape index (κ3) is 1.18. The van der Waals surface area contributed by atoms with Gasteiger partial charge in [0.25, 0.3) is 0 Å². The van der Waals surface area contributed by atoms with Crippen molar-refractivity contribution in [2.75, 3.05) is 6.26 Å². The Labute approximate surface area is 74.8 Å². The van der Waals surface area contributed by atoms with Gasteiger partial charge in [-0.2, -0.15) is 15.0 Å². The molecule has 3 nitrogen and oxygen atoms in total. The molecule has 0 spiro atoms. The maximum Gasteiger partial charge on any atom is 0.114 e. The summed E-state index contributed by atoms with van der Waals surface area (Å²) < 4.78 is 0. The number of rotatable bonds is 1. The van der Waals surface area contributed by atoms with Crippen LogP contribution in [-0.4, -0.2) is 21.2 Å². The van der Waals surface area contributed by atoms with Crippen LogP contribution in [0.5, 0.6) is 0 Å². The molecule has 12 heavy (non-hydrogen) atoms. The Morgan fingerprint density at radius 1 is 1.25 bits per heavy atom. The van der Waals surface area contributed by atoms with E-state index in [4.69, 9.17) is 0 Å². The van der Waals surface area contributed by atoms with E-state index >= 15 is 0 Å². The molecule has 1 aromatic carbocycles. The molecule has 0 amide bonds. The zero-order valence-corrected chi connectivity index (χ0v) is 7.80. The average Bonchev–Trinajstić information content (AvgIpc) is 2.43. The summed E-state index contributed by atoms with van der Waals surface area (Å²) >= 11 is 1.72. The van der Waals surface area contributed by atoms with Gasteiger partial charge in [0.1, 0.15) is 11.0 Å². The van der Waals surface area contributed by atoms with Gasteiger partial charge in [-0.1, -0.05) is 0 Å². The summed E-state index contributed by atoms with van der Waals surface area (Å²) in [5.41, 5.74) is 1.92. The Kier molecular flexibility index (Phi) is 1.77. The van der Waals surface area contributed by atoms with Crippen molar-refractivity contribution in [3.8, 4) is 0 Å². The first-order valence-electron chi connectivity index (χ1n) is 3.64. The fourth-order valence-electron chi connectivity index (χ4n) is 1.13.